The van der Waals surface area contributed by atoms with Crippen molar-refractivity contribution in [2.24, 2.45) is 5.92 Å². The van der Waals surface area contributed by atoms with E-state index in [1.165, 1.54) is 6.07 Å². The van der Waals surface area contributed by atoms with Crippen LogP contribution in [0.15, 0.2) is 30.5 Å². The molecule has 0 unspecified atom stereocenters. The molecule has 2 aliphatic heterocycles. The van der Waals surface area contributed by atoms with E-state index in [1.807, 2.05) is 10.7 Å². The first-order valence-electron chi connectivity index (χ1n) is 12.4. The van der Waals surface area contributed by atoms with Gasteiger partial charge in [0.1, 0.15) is 11.6 Å². The number of halogens is 2. The van der Waals surface area contributed by atoms with Gasteiger partial charge < -0.3 is 10.1 Å². The number of fused-ring (bicyclic) bond motifs is 1. The molecule has 0 saturated carbocycles. The van der Waals surface area contributed by atoms with Crippen molar-refractivity contribution < 1.29 is 13.5 Å². The summed E-state index contributed by atoms with van der Waals surface area (Å²) < 4.78 is 35.0. The van der Waals surface area contributed by atoms with Gasteiger partial charge in [-0.3, -0.25) is 4.90 Å². The Kier molecular flexibility index (Phi) is 7.18. The molecule has 0 radical (unpaired) electrons. The molecule has 0 aliphatic carbocycles. The van der Waals surface area contributed by atoms with Crippen LogP contribution in [0.1, 0.15) is 54.1 Å². The monoisotopic (exact) mass is 469 g/mol. The van der Waals surface area contributed by atoms with E-state index in [1.54, 1.807) is 6.07 Å². The molecule has 3 aromatic rings. The lowest BCUT2D eigenvalue weighted by atomic mass is 9.94. The number of hydrogen-bond donors (Lipinski definition) is 1. The van der Waals surface area contributed by atoms with Crippen molar-refractivity contribution in [3.63, 3.8) is 0 Å². The van der Waals surface area contributed by atoms with Crippen molar-refractivity contribution in [3.05, 3.63) is 64.6 Å². The molecule has 34 heavy (non-hydrogen) atoms. The Bertz CT molecular complexity index is 1130. The fourth-order valence-corrected chi connectivity index (χ4v) is 5.31. The van der Waals surface area contributed by atoms with E-state index in [0.29, 0.717) is 18.0 Å². The molecule has 4 heterocycles. The Balaban J connectivity index is 1.29. The zero-order valence-corrected chi connectivity index (χ0v) is 19.8. The summed E-state index contributed by atoms with van der Waals surface area (Å²) in [4.78, 5) is 6.92. The largest absolute Gasteiger partial charge is 0.381 e. The van der Waals surface area contributed by atoms with Crippen LogP contribution >= 0.6 is 0 Å². The molecule has 2 aromatic heterocycles. The number of ether oxygens (including phenoxy) is 1. The predicted molar refractivity (Wildman–Crippen MR) is 127 cm³/mol. The standard InChI is InChI=1S/C26H33F2N5O/c1-18-23(15-29-14-19-7-11-34-12-8-19)26-30-9-6-25(33(26)31-18)21-3-2-10-32(17-21)16-20-4-5-22(27)13-24(20)28/h4-6,9,13,19,21,29H,2-3,7-8,10-12,14-17H2,1H3/t21-/m0/s1. The van der Waals surface area contributed by atoms with Gasteiger partial charge in [0.05, 0.1) is 11.4 Å². The summed E-state index contributed by atoms with van der Waals surface area (Å²) in [6.45, 7) is 7.71. The molecular formula is C26H33F2N5O. The fourth-order valence-electron chi connectivity index (χ4n) is 5.31. The summed E-state index contributed by atoms with van der Waals surface area (Å²) in [5.74, 6) is -0.0678. The van der Waals surface area contributed by atoms with Crippen LogP contribution in [0.4, 0.5) is 8.78 Å². The molecule has 182 valence electrons. The topological polar surface area (TPSA) is 54.7 Å². The van der Waals surface area contributed by atoms with Crippen molar-refractivity contribution in [1.29, 1.82) is 0 Å². The summed E-state index contributed by atoms with van der Waals surface area (Å²) in [6, 6.07) is 5.91. The van der Waals surface area contributed by atoms with Crippen LogP contribution in [0, 0.1) is 24.5 Å². The van der Waals surface area contributed by atoms with Gasteiger partial charge in [-0.2, -0.15) is 5.10 Å². The van der Waals surface area contributed by atoms with E-state index in [-0.39, 0.29) is 5.92 Å². The van der Waals surface area contributed by atoms with E-state index in [0.717, 1.165) is 93.7 Å². The van der Waals surface area contributed by atoms with Gasteiger partial charge in [0.2, 0.25) is 0 Å². The van der Waals surface area contributed by atoms with E-state index < -0.39 is 11.6 Å². The average Bonchev–Trinajstić information content (AvgIpc) is 3.17. The first-order chi connectivity index (χ1) is 16.6. The molecule has 0 bridgehead atoms. The van der Waals surface area contributed by atoms with Crippen LogP contribution in [-0.4, -0.2) is 52.3 Å². The summed E-state index contributed by atoms with van der Waals surface area (Å²) in [5, 5.41) is 8.47. The molecule has 5 rings (SSSR count). The molecule has 1 atom stereocenters. The Hall–Kier alpha value is -2.42. The highest BCUT2D eigenvalue weighted by Gasteiger charge is 2.25. The van der Waals surface area contributed by atoms with Gasteiger partial charge in [-0.1, -0.05) is 6.07 Å². The Labute approximate surface area is 199 Å². The smallest absolute Gasteiger partial charge is 0.159 e. The molecule has 2 fully saturated rings. The zero-order valence-electron chi connectivity index (χ0n) is 19.8. The second-order valence-corrected chi connectivity index (χ2v) is 9.67. The molecule has 2 saturated heterocycles. The van der Waals surface area contributed by atoms with Crippen LogP contribution in [0.5, 0.6) is 0 Å². The van der Waals surface area contributed by atoms with Crippen molar-refractivity contribution in [3.8, 4) is 0 Å². The van der Waals surface area contributed by atoms with Crippen molar-refractivity contribution in [2.45, 2.75) is 51.6 Å². The number of rotatable bonds is 7. The first-order valence-corrected chi connectivity index (χ1v) is 12.4. The fraction of sp³-hybridized carbons (Fsp3) is 0.538. The summed E-state index contributed by atoms with van der Waals surface area (Å²) >= 11 is 0. The van der Waals surface area contributed by atoms with Crippen molar-refractivity contribution in [1.82, 2.24) is 24.8 Å². The molecule has 8 heteroatoms. The maximum atomic E-state index is 14.2. The second-order valence-electron chi connectivity index (χ2n) is 9.67. The summed E-state index contributed by atoms with van der Waals surface area (Å²) in [5.41, 5.74) is 4.74. The Morgan fingerprint density at radius 2 is 2.00 bits per heavy atom. The minimum absolute atomic E-state index is 0.283. The number of benzene rings is 1. The van der Waals surface area contributed by atoms with Gasteiger partial charge in [-0.15, -0.1) is 0 Å². The van der Waals surface area contributed by atoms with Crippen LogP contribution in [0.3, 0.4) is 0 Å². The second kappa shape index (κ2) is 10.5. The lowest BCUT2D eigenvalue weighted by Crippen LogP contribution is -2.34. The van der Waals surface area contributed by atoms with Crippen LogP contribution < -0.4 is 5.32 Å². The third kappa shape index (κ3) is 5.14. The normalized spacial score (nSPS) is 20.3. The van der Waals surface area contributed by atoms with Crippen LogP contribution in [0.2, 0.25) is 0 Å². The Morgan fingerprint density at radius 3 is 2.82 bits per heavy atom. The maximum absolute atomic E-state index is 14.2. The molecular weight excluding hydrogens is 436 g/mol. The Morgan fingerprint density at radius 1 is 1.15 bits per heavy atom. The van der Waals surface area contributed by atoms with Crippen LogP contribution in [0.25, 0.3) is 5.65 Å². The highest BCUT2D eigenvalue weighted by Crippen LogP contribution is 2.29. The molecule has 6 nitrogen and oxygen atoms in total. The molecule has 1 N–H and O–H groups in total. The number of likely N-dealkylation sites (tertiary alicyclic amines) is 1. The van der Waals surface area contributed by atoms with Gasteiger partial charge in [-0.05, 0) is 63.7 Å². The highest BCUT2D eigenvalue weighted by atomic mass is 19.1. The summed E-state index contributed by atoms with van der Waals surface area (Å²) in [6.07, 6.45) is 6.19. The molecule has 2 aliphatic rings. The van der Waals surface area contributed by atoms with Gasteiger partial charge in [0.25, 0.3) is 0 Å². The third-order valence-corrected chi connectivity index (χ3v) is 7.25. The van der Waals surface area contributed by atoms with Gasteiger partial charge >= 0.3 is 0 Å². The summed E-state index contributed by atoms with van der Waals surface area (Å²) in [7, 11) is 0. The predicted octanol–water partition coefficient (Wildman–Crippen LogP) is 4.21. The quantitative estimate of drug-likeness (QED) is 0.562. The van der Waals surface area contributed by atoms with Gasteiger partial charge in [0.15, 0.2) is 5.65 Å². The lowest BCUT2D eigenvalue weighted by Gasteiger charge is -2.33. The van der Waals surface area contributed by atoms with E-state index in [2.05, 4.69) is 28.2 Å². The highest BCUT2D eigenvalue weighted by molar-refractivity contribution is 5.50. The van der Waals surface area contributed by atoms with Crippen molar-refractivity contribution >= 4 is 5.65 Å². The number of hydrogen-bond acceptors (Lipinski definition) is 5. The minimum atomic E-state index is -0.538. The average molecular weight is 470 g/mol. The zero-order chi connectivity index (χ0) is 23.5. The first kappa shape index (κ1) is 23.3. The minimum Gasteiger partial charge on any atom is -0.381 e. The lowest BCUT2D eigenvalue weighted by molar-refractivity contribution is 0.0662. The van der Waals surface area contributed by atoms with E-state index in [9.17, 15) is 8.78 Å². The molecule has 0 spiro atoms. The third-order valence-electron chi connectivity index (χ3n) is 7.25. The van der Waals surface area contributed by atoms with Gasteiger partial charge in [0, 0.05) is 62.2 Å². The number of nitrogens with zero attached hydrogens (tertiary/aromatic N) is 4. The maximum Gasteiger partial charge on any atom is 0.159 e. The van der Waals surface area contributed by atoms with Crippen molar-refractivity contribution in [2.75, 3.05) is 32.8 Å². The number of piperidine rings is 1. The number of nitrogens with one attached hydrogen (secondary N) is 1. The van der Waals surface area contributed by atoms with E-state index in [4.69, 9.17) is 9.84 Å². The van der Waals surface area contributed by atoms with Crippen LogP contribution in [-0.2, 0) is 17.8 Å². The van der Waals surface area contributed by atoms with Gasteiger partial charge in [-0.25, -0.2) is 18.3 Å². The number of aromatic nitrogens is 3. The number of aryl methyl sites for hydroxylation is 1. The molecule has 0 amide bonds. The molecule has 1 aromatic carbocycles. The SMILES string of the molecule is Cc1nn2c([C@H]3CCCN(Cc4ccc(F)cc4F)C3)ccnc2c1CNCC1CCOCC1. The van der Waals surface area contributed by atoms with E-state index >= 15 is 0 Å².